The molecule has 6 heteroatoms. The molecule has 2 atom stereocenters. The van der Waals surface area contributed by atoms with Crippen LogP contribution in [-0.4, -0.2) is 35.2 Å². The molecule has 1 aromatic heterocycles. The number of amides is 1. The Morgan fingerprint density at radius 1 is 1.25 bits per heavy atom. The van der Waals surface area contributed by atoms with Gasteiger partial charge in [0.15, 0.2) is 5.82 Å². The summed E-state index contributed by atoms with van der Waals surface area (Å²) >= 11 is 0. The van der Waals surface area contributed by atoms with E-state index in [2.05, 4.69) is 20.4 Å². The molecule has 1 amide bonds. The quantitative estimate of drug-likeness (QED) is 0.872. The van der Waals surface area contributed by atoms with Crippen LogP contribution >= 0.6 is 0 Å². The van der Waals surface area contributed by atoms with Gasteiger partial charge >= 0.3 is 0 Å². The monoisotopic (exact) mass is 325 g/mol. The van der Waals surface area contributed by atoms with Crippen LogP contribution in [0.1, 0.15) is 30.1 Å². The molecule has 3 rings (SSSR count). The summed E-state index contributed by atoms with van der Waals surface area (Å²) in [6.07, 6.45) is 2.04. The number of benzene rings is 1. The van der Waals surface area contributed by atoms with Gasteiger partial charge in [-0.2, -0.15) is 5.10 Å². The van der Waals surface area contributed by atoms with Crippen LogP contribution in [0.25, 0.3) is 0 Å². The van der Waals surface area contributed by atoms with E-state index in [-0.39, 0.29) is 11.9 Å². The number of carbonyl (C=O) groups excluding carboxylic acids is 1. The van der Waals surface area contributed by atoms with Crippen LogP contribution in [0, 0.1) is 6.92 Å². The lowest BCUT2D eigenvalue weighted by atomic mass is 10.0. The molecule has 6 nitrogen and oxygen atoms in total. The number of nitrogens with one attached hydrogen (secondary N) is 1. The standard InChI is InChI=1S/C18H23N5O/c1-13-9-10-16(22-21-13)23-11-5-8-15(12-23)20-17(18(19)24)14-6-3-2-4-7-14/h2-4,6-7,9-10,15,17,20H,5,8,11-12H2,1H3,(H2,19,24)/t15-,17-/m1/s1. The summed E-state index contributed by atoms with van der Waals surface area (Å²) in [5.41, 5.74) is 7.42. The van der Waals surface area contributed by atoms with Gasteiger partial charge in [-0.3, -0.25) is 10.1 Å². The van der Waals surface area contributed by atoms with Gasteiger partial charge in [-0.15, -0.1) is 5.10 Å². The highest BCUT2D eigenvalue weighted by molar-refractivity contribution is 5.81. The average Bonchev–Trinajstić information content (AvgIpc) is 2.61. The third kappa shape index (κ3) is 3.89. The number of aryl methyl sites for hydroxylation is 1. The molecule has 0 unspecified atom stereocenters. The number of aromatic nitrogens is 2. The fourth-order valence-electron chi connectivity index (χ4n) is 3.11. The maximum Gasteiger partial charge on any atom is 0.239 e. The van der Waals surface area contributed by atoms with Crippen molar-refractivity contribution in [3.05, 3.63) is 53.7 Å². The van der Waals surface area contributed by atoms with Gasteiger partial charge in [-0.05, 0) is 37.5 Å². The van der Waals surface area contributed by atoms with Gasteiger partial charge in [0, 0.05) is 19.1 Å². The number of piperidine rings is 1. The number of carbonyl (C=O) groups is 1. The molecule has 1 aliphatic heterocycles. The zero-order chi connectivity index (χ0) is 16.9. The van der Waals surface area contributed by atoms with Crippen molar-refractivity contribution < 1.29 is 4.79 Å². The summed E-state index contributed by atoms with van der Waals surface area (Å²) in [7, 11) is 0. The topological polar surface area (TPSA) is 84.1 Å². The highest BCUT2D eigenvalue weighted by atomic mass is 16.1. The first-order valence-electron chi connectivity index (χ1n) is 8.29. The summed E-state index contributed by atoms with van der Waals surface area (Å²) in [6.45, 7) is 3.66. The lowest BCUT2D eigenvalue weighted by Crippen LogP contribution is -2.49. The second-order valence-corrected chi connectivity index (χ2v) is 6.23. The van der Waals surface area contributed by atoms with E-state index in [9.17, 15) is 4.79 Å². The molecule has 2 aromatic rings. The molecule has 126 valence electrons. The van der Waals surface area contributed by atoms with E-state index in [1.165, 1.54) is 0 Å². The van der Waals surface area contributed by atoms with Gasteiger partial charge in [-0.1, -0.05) is 30.3 Å². The summed E-state index contributed by atoms with van der Waals surface area (Å²) < 4.78 is 0. The number of nitrogens with zero attached hydrogens (tertiary/aromatic N) is 3. The van der Waals surface area contributed by atoms with E-state index in [4.69, 9.17) is 5.73 Å². The van der Waals surface area contributed by atoms with Gasteiger partial charge in [0.1, 0.15) is 6.04 Å². The minimum absolute atomic E-state index is 0.180. The summed E-state index contributed by atoms with van der Waals surface area (Å²) in [6, 6.07) is 13.3. The van der Waals surface area contributed by atoms with Crippen LogP contribution in [0.2, 0.25) is 0 Å². The zero-order valence-electron chi connectivity index (χ0n) is 13.9. The molecule has 1 aliphatic rings. The molecule has 2 heterocycles. The smallest absolute Gasteiger partial charge is 0.239 e. The normalized spacial score (nSPS) is 19.0. The summed E-state index contributed by atoms with van der Waals surface area (Å²) in [4.78, 5) is 14.1. The van der Waals surface area contributed by atoms with Gasteiger partial charge in [0.05, 0.1) is 5.69 Å². The van der Waals surface area contributed by atoms with Gasteiger partial charge in [-0.25, -0.2) is 0 Å². The van der Waals surface area contributed by atoms with Crippen LogP contribution in [-0.2, 0) is 4.79 Å². The fraction of sp³-hybridized carbons (Fsp3) is 0.389. The molecular formula is C18H23N5O. The number of hydrogen-bond donors (Lipinski definition) is 2. The lowest BCUT2D eigenvalue weighted by Gasteiger charge is -2.35. The molecule has 1 aromatic carbocycles. The molecular weight excluding hydrogens is 302 g/mol. The Labute approximate surface area is 142 Å². The Morgan fingerprint density at radius 2 is 2.04 bits per heavy atom. The molecule has 3 N–H and O–H groups in total. The first-order chi connectivity index (χ1) is 11.6. The Kier molecular flexibility index (Phi) is 5.05. The van der Waals surface area contributed by atoms with Crippen LogP contribution < -0.4 is 16.0 Å². The molecule has 0 saturated carbocycles. The van der Waals surface area contributed by atoms with Crippen molar-refractivity contribution in [2.24, 2.45) is 5.73 Å². The van der Waals surface area contributed by atoms with E-state index in [0.29, 0.717) is 0 Å². The van der Waals surface area contributed by atoms with E-state index >= 15 is 0 Å². The minimum atomic E-state index is -0.472. The molecule has 24 heavy (non-hydrogen) atoms. The summed E-state index contributed by atoms with van der Waals surface area (Å²) in [5.74, 6) is 0.524. The Bertz CT molecular complexity index is 674. The second kappa shape index (κ2) is 7.40. The predicted molar refractivity (Wildman–Crippen MR) is 93.5 cm³/mol. The fourth-order valence-corrected chi connectivity index (χ4v) is 3.11. The lowest BCUT2D eigenvalue weighted by molar-refractivity contribution is -0.120. The zero-order valence-corrected chi connectivity index (χ0v) is 13.9. The Hall–Kier alpha value is -2.47. The highest BCUT2D eigenvalue weighted by Gasteiger charge is 2.26. The minimum Gasteiger partial charge on any atom is -0.368 e. The van der Waals surface area contributed by atoms with Gasteiger partial charge < -0.3 is 10.6 Å². The third-order valence-electron chi connectivity index (χ3n) is 4.35. The Morgan fingerprint density at radius 3 is 2.71 bits per heavy atom. The molecule has 0 bridgehead atoms. The van der Waals surface area contributed by atoms with Crippen molar-refractivity contribution in [3.8, 4) is 0 Å². The maximum atomic E-state index is 11.9. The SMILES string of the molecule is Cc1ccc(N2CCC[C@@H](N[C@@H](C(N)=O)c3ccccc3)C2)nn1. The first-order valence-corrected chi connectivity index (χ1v) is 8.29. The van der Waals surface area contributed by atoms with Crippen LogP contribution in [0.15, 0.2) is 42.5 Å². The van der Waals surface area contributed by atoms with Gasteiger partial charge in [0.2, 0.25) is 5.91 Å². The molecule has 0 radical (unpaired) electrons. The van der Waals surface area contributed by atoms with Gasteiger partial charge in [0.25, 0.3) is 0 Å². The molecule has 1 saturated heterocycles. The number of nitrogens with two attached hydrogens (primary N) is 1. The first kappa shape index (κ1) is 16.4. The van der Waals surface area contributed by atoms with Crippen molar-refractivity contribution in [1.82, 2.24) is 15.5 Å². The predicted octanol–water partition coefficient (Wildman–Crippen LogP) is 1.57. The maximum absolute atomic E-state index is 11.9. The number of hydrogen-bond acceptors (Lipinski definition) is 5. The number of rotatable bonds is 5. The van der Waals surface area contributed by atoms with Crippen molar-refractivity contribution in [2.45, 2.75) is 31.8 Å². The number of primary amides is 1. The molecule has 1 fully saturated rings. The van der Waals surface area contributed by atoms with E-state index < -0.39 is 6.04 Å². The van der Waals surface area contributed by atoms with E-state index in [1.807, 2.05) is 49.4 Å². The average molecular weight is 325 g/mol. The largest absolute Gasteiger partial charge is 0.368 e. The summed E-state index contributed by atoms with van der Waals surface area (Å²) in [5, 5.41) is 11.8. The Balaban J connectivity index is 1.70. The third-order valence-corrected chi connectivity index (χ3v) is 4.35. The van der Waals surface area contributed by atoms with Crippen molar-refractivity contribution in [3.63, 3.8) is 0 Å². The molecule has 0 aliphatic carbocycles. The van der Waals surface area contributed by atoms with Crippen LogP contribution in [0.5, 0.6) is 0 Å². The van der Waals surface area contributed by atoms with Crippen molar-refractivity contribution in [2.75, 3.05) is 18.0 Å². The van der Waals surface area contributed by atoms with Crippen molar-refractivity contribution in [1.29, 1.82) is 0 Å². The van der Waals surface area contributed by atoms with E-state index in [0.717, 1.165) is 43.0 Å². The molecule has 0 spiro atoms. The van der Waals surface area contributed by atoms with Crippen molar-refractivity contribution >= 4 is 11.7 Å². The van der Waals surface area contributed by atoms with E-state index in [1.54, 1.807) is 0 Å². The number of anilines is 1. The van der Waals surface area contributed by atoms with Crippen LogP contribution in [0.4, 0.5) is 5.82 Å². The van der Waals surface area contributed by atoms with Crippen LogP contribution in [0.3, 0.4) is 0 Å². The second-order valence-electron chi connectivity index (χ2n) is 6.23. The highest BCUT2D eigenvalue weighted by Crippen LogP contribution is 2.20.